The van der Waals surface area contributed by atoms with Gasteiger partial charge < -0.3 is 5.11 Å². The highest BCUT2D eigenvalue weighted by atomic mass is 16.3. The summed E-state index contributed by atoms with van der Waals surface area (Å²) in [6.45, 7) is 6.18. The van der Waals surface area contributed by atoms with E-state index in [2.05, 4.69) is 13.8 Å². The molecule has 0 spiro atoms. The highest BCUT2D eigenvalue weighted by Gasteiger charge is 2.62. The van der Waals surface area contributed by atoms with Crippen LogP contribution in [-0.4, -0.2) is 12.2 Å². The molecular formula is C10H16O2-. The standard InChI is InChI=1S/C10H16O2/c1-9(2)6-4-5-10(9,3)8(12)7(6)11/h6-8H,4-5H2,1-3H3/q-1/t6-,7?,8?,10-/m0/s1. The average molecular weight is 168 g/mol. The highest BCUT2D eigenvalue weighted by Crippen LogP contribution is 2.64. The lowest BCUT2D eigenvalue weighted by atomic mass is 9.70. The molecule has 0 saturated heterocycles. The van der Waals surface area contributed by atoms with E-state index in [1.807, 2.05) is 6.92 Å². The van der Waals surface area contributed by atoms with E-state index in [9.17, 15) is 10.2 Å². The Labute approximate surface area is 73.6 Å². The van der Waals surface area contributed by atoms with E-state index in [4.69, 9.17) is 0 Å². The van der Waals surface area contributed by atoms with E-state index >= 15 is 0 Å². The van der Waals surface area contributed by atoms with Gasteiger partial charge in [-0.05, 0) is 29.6 Å². The van der Waals surface area contributed by atoms with Gasteiger partial charge in [0.15, 0.2) is 0 Å². The Morgan fingerprint density at radius 3 is 2.17 bits per heavy atom. The van der Waals surface area contributed by atoms with E-state index in [1.54, 1.807) is 0 Å². The highest BCUT2D eigenvalue weighted by molar-refractivity contribution is 5.14. The van der Waals surface area contributed by atoms with Gasteiger partial charge in [-0.3, -0.25) is 0 Å². The normalized spacial score (nSPS) is 56.2. The summed E-state index contributed by atoms with van der Waals surface area (Å²) < 4.78 is 0. The maximum Gasteiger partial charge on any atom is 0.0845 e. The zero-order valence-corrected chi connectivity index (χ0v) is 7.96. The van der Waals surface area contributed by atoms with Crippen LogP contribution in [0.5, 0.6) is 0 Å². The summed E-state index contributed by atoms with van der Waals surface area (Å²) in [7, 11) is 0. The predicted octanol–water partition coefficient (Wildman–Crippen LogP) is 0.970. The van der Waals surface area contributed by atoms with E-state index in [0.29, 0.717) is 0 Å². The second kappa shape index (κ2) is 2.05. The minimum atomic E-state index is -0.869. The Hall–Kier alpha value is -0.0800. The van der Waals surface area contributed by atoms with Gasteiger partial charge in [0.25, 0.3) is 0 Å². The van der Waals surface area contributed by atoms with E-state index in [0.717, 1.165) is 12.8 Å². The first-order chi connectivity index (χ1) is 5.41. The topological polar surface area (TPSA) is 43.0 Å². The number of hydrogen-bond donors (Lipinski definition) is 0. The third-order valence-electron chi connectivity index (χ3n) is 4.70. The Morgan fingerprint density at radius 1 is 1.33 bits per heavy atom. The van der Waals surface area contributed by atoms with Gasteiger partial charge in [0.2, 0.25) is 0 Å². The van der Waals surface area contributed by atoms with Crippen LogP contribution < -0.4 is 5.11 Å². The molecule has 2 heteroatoms. The van der Waals surface area contributed by atoms with Crippen molar-refractivity contribution in [3.8, 4) is 0 Å². The molecular weight excluding hydrogens is 152 g/mol. The molecule has 0 N–H and O–H groups in total. The van der Waals surface area contributed by atoms with E-state index in [-0.39, 0.29) is 16.7 Å². The first-order valence-corrected chi connectivity index (χ1v) is 4.73. The van der Waals surface area contributed by atoms with Crippen LogP contribution in [0.3, 0.4) is 0 Å². The van der Waals surface area contributed by atoms with Crippen molar-refractivity contribution < 1.29 is 10.2 Å². The first kappa shape index (κ1) is 8.52. The zero-order chi connectivity index (χ0) is 9.15. The monoisotopic (exact) mass is 168 g/mol. The summed E-state index contributed by atoms with van der Waals surface area (Å²) in [5.74, 6) is 0.130. The quantitative estimate of drug-likeness (QED) is 0.531. The van der Waals surface area contributed by atoms with Crippen molar-refractivity contribution in [3.05, 3.63) is 0 Å². The lowest BCUT2D eigenvalue weighted by molar-refractivity contribution is -0.464. The second-order valence-corrected chi connectivity index (χ2v) is 5.17. The van der Waals surface area contributed by atoms with Crippen molar-refractivity contribution in [1.29, 1.82) is 0 Å². The Bertz CT molecular complexity index is 212. The summed E-state index contributed by atoms with van der Waals surface area (Å²) >= 11 is 0. The minimum absolute atomic E-state index is 0.0220. The number of hydrogen-bond acceptors (Lipinski definition) is 1. The SMILES string of the molecule is CC1(C)[C@H]2CC[C@@]1(C)C([O-])C2[O]. The molecule has 0 aromatic heterocycles. The average Bonchev–Trinajstić information content (AvgIpc) is 2.26. The molecule has 0 amide bonds. The van der Waals surface area contributed by atoms with Gasteiger partial charge in [0.1, 0.15) is 0 Å². The van der Waals surface area contributed by atoms with E-state index in [1.165, 1.54) is 0 Å². The Balaban J connectivity index is 2.44. The van der Waals surface area contributed by atoms with Crippen molar-refractivity contribution in [3.63, 3.8) is 0 Å². The maximum atomic E-state index is 11.7. The Morgan fingerprint density at radius 2 is 1.92 bits per heavy atom. The molecule has 2 bridgehead atoms. The van der Waals surface area contributed by atoms with Gasteiger partial charge in [-0.15, -0.1) is 0 Å². The number of rotatable bonds is 0. The Kier molecular flexibility index (Phi) is 1.45. The molecule has 0 heterocycles. The molecule has 0 aromatic rings. The van der Waals surface area contributed by atoms with E-state index < -0.39 is 12.2 Å². The summed E-state index contributed by atoms with van der Waals surface area (Å²) in [5, 5.41) is 23.2. The van der Waals surface area contributed by atoms with Crippen molar-refractivity contribution >= 4 is 0 Å². The summed E-state index contributed by atoms with van der Waals surface area (Å²) in [6.07, 6.45) is 0.207. The third kappa shape index (κ3) is 0.647. The zero-order valence-electron chi connectivity index (χ0n) is 7.96. The van der Waals surface area contributed by atoms with Crippen molar-refractivity contribution in [2.24, 2.45) is 16.7 Å². The van der Waals surface area contributed by atoms with Crippen LogP contribution in [0, 0.1) is 16.7 Å². The molecule has 1 radical (unpaired) electrons. The molecule has 2 saturated carbocycles. The molecule has 2 rings (SSSR count). The summed E-state index contributed by atoms with van der Waals surface area (Å²) in [6, 6.07) is 0. The fourth-order valence-corrected chi connectivity index (χ4v) is 3.22. The van der Waals surface area contributed by atoms with Crippen LogP contribution in [0.25, 0.3) is 0 Å². The number of fused-ring (bicyclic) bond motifs is 2. The van der Waals surface area contributed by atoms with Gasteiger partial charge in [-0.25, -0.2) is 5.11 Å². The maximum absolute atomic E-state index is 11.7. The summed E-state index contributed by atoms with van der Waals surface area (Å²) in [5.41, 5.74) is -0.254. The first-order valence-electron chi connectivity index (χ1n) is 4.73. The van der Waals surface area contributed by atoms with Gasteiger partial charge in [0.05, 0.1) is 6.10 Å². The molecule has 2 fully saturated rings. The molecule has 2 nitrogen and oxygen atoms in total. The third-order valence-corrected chi connectivity index (χ3v) is 4.70. The molecule has 2 aliphatic rings. The van der Waals surface area contributed by atoms with Crippen molar-refractivity contribution in [1.82, 2.24) is 0 Å². The van der Waals surface area contributed by atoms with Crippen LogP contribution >= 0.6 is 0 Å². The molecule has 0 aliphatic heterocycles. The van der Waals surface area contributed by atoms with Gasteiger partial charge in [0, 0.05) is 0 Å². The lowest BCUT2D eigenvalue weighted by Crippen LogP contribution is -2.48. The smallest absolute Gasteiger partial charge is 0.0845 e. The fraction of sp³-hybridized carbons (Fsp3) is 1.00. The fourth-order valence-electron chi connectivity index (χ4n) is 3.22. The van der Waals surface area contributed by atoms with Gasteiger partial charge >= 0.3 is 0 Å². The van der Waals surface area contributed by atoms with Crippen LogP contribution in [0.4, 0.5) is 0 Å². The van der Waals surface area contributed by atoms with Crippen LogP contribution in [0.15, 0.2) is 0 Å². The van der Waals surface area contributed by atoms with Crippen LogP contribution in [0.1, 0.15) is 33.6 Å². The summed E-state index contributed by atoms with van der Waals surface area (Å²) in [4.78, 5) is 0. The molecule has 4 atom stereocenters. The van der Waals surface area contributed by atoms with Gasteiger partial charge in [-0.2, -0.15) is 0 Å². The molecule has 12 heavy (non-hydrogen) atoms. The molecule has 2 unspecified atom stereocenters. The van der Waals surface area contributed by atoms with Crippen molar-refractivity contribution in [2.45, 2.75) is 45.8 Å². The largest absolute Gasteiger partial charge is 0.850 e. The predicted molar refractivity (Wildman–Crippen MR) is 42.9 cm³/mol. The van der Waals surface area contributed by atoms with Crippen molar-refractivity contribution in [2.75, 3.05) is 0 Å². The van der Waals surface area contributed by atoms with Crippen LogP contribution in [0.2, 0.25) is 0 Å². The second-order valence-electron chi connectivity index (χ2n) is 5.17. The molecule has 69 valence electrons. The molecule has 2 aliphatic carbocycles. The van der Waals surface area contributed by atoms with Crippen LogP contribution in [-0.2, 0) is 5.11 Å². The minimum Gasteiger partial charge on any atom is -0.850 e. The van der Waals surface area contributed by atoms with Gasteiger partial charge in [-0.1, -0.05) is 26.9 Å². The lowest BCUT2D eigenvalue weighted by Gasteiger charge is -2.43. The molecule has 0 aromatic carbocycles.